The maximum absolute atomic E-state index is 8.46. The molecule has 0 bridgehead atoms. The zero-order valence-corrected chi connectivity index (χ0v) is 16.9. The number of hydrogen-bond acceptors (Lipinski definition) is 5. The van der Waals surface area contributed by atoms with Crippen molar-refractivity contribution >= 4 is 5.96 Å². The van der Waals surface area contributed by atoms with Gasteiger partial charge in [-0.15, -0.1) is 0 Å². The minimum atomic E-state index is -0.0679. The Hall–Kier alpha value is -2.64. The van der Waals surface area contributed by atoms with Crippen molar-refractivity contribution in [1.82, 2.24) is 14.4 Å². The topological polar surface area (TPSA) is 94.4 Å². The van der Waals surface area contributed by atoms with Crippen molar-refractivity contribution in [2.24, 2.45) is 5.73 Å². The number of fused-ring (bicyclic) bond motifs is 1. The predicted octanol–water partition coefficient (Wildman–Crippen LogP) is 2.16. The fraction of sp³-hybridized carbons (Fsp3) is 0.429. The Balaban J connectivity index is 1.80. The quantitative estimate of drug-likeness (QED) is 0.546. The molecule has 4 N–H and O–H groups in total. The van der Waals surface area contributed by atoms with Gasteiger partial charge < -0.3 is 20.3 Å². The summed E-state index contributed by atoms with van der Waals surface area (Å²) in [7, 11) is 5.87. The van der Waals surface area contributed by atoms with Crippen LogP contribution >= 0.6 is 0 Å². The monoisotopic (exact) mass is 382 g/mol. The standard InChI is InChI=1S/C21H30N6O/c1-25(2)12-13-26(3)21(24)27-14-15(8-11-20(27)23)28-19-10-9-18(22)16-6-4-5-7-17(16)19/h4-8,11,14,18-19,23-24H,9-10,12-13,22H2,1-3H3/t18-,19+/m0/s1. The highest BCUT2D eigenvalue weighted by Gasteiger charge is 2.26. The Morgan fingerprint density at radius 2 is 1.82 bits per heavy atom. The van der Waals surface area contributed by atoms with Crippen molar-refractivity contribution in [3.05, 3.63) is 59.2 Å². The van der Waals surface area contributed by atoms with Crippen molar-refractivity contribution in [2.45, 2.75) is 25.0 Å². The second kappa shape index (κ2) is 8.58. The molecular formula is C21H30N6O. The summed E-state index contributed by atoms with van der Waals surface area (Å²) in [5, 5.41) is 16.6. The molecule has 1 heterocycles. The SMILES string of the molecule is CN(C)CCN(C)C(=N)n1cc(O[C@@H]2CC[C@H](N)c3ccccc32)ccc1=N. The zero-order valence-electron chi connectivity index (χ0n) is 16.9. The lowest BCUT2D eigenvalue weighted by Crippen LogP contribution is -2.40. The summed E-state index contributed by atoms with van der Waals surface area (Å²) in [5.74, 6) is 0.903. The van der Waals surface area contributed by atoms with Gasteiger partial charge in [0, 0.05) is 26.2 Å². The van der Waals surface area contributed by atoms with E-state index in [1.807, 2.05) is 38.2 Å². The van der Waals surface area contributed by atoms with E-state index in [0.29, 0.717) is 12.3 Å². The normalized spacial score (nSPS) is 18.6. The smallest absolute Gasteiger partial charge is 0.203 e. The van der Waals surface area contributed by atoms with E-state index in [0.717, 1.165) is 30.5 Å². The van der Waals surface area contributed by atoms with Crippen LogP contribution in [0.5, 0.6) is 5.75 Å². The van der Waals surface area contributed by atoms with Crippen molar-refractivity contribution < 1.29 is 4.74 Å². The Labute approximate surface area is 166 Å². The molecule has 1 aliphatic carbocycles. The molecule has 1 aromatic heterocycles. The van der Waals surface area contributed by atoms with Gasteiger partial charge >= 0.3 is 0 Å². The van der Waals surface area contributed by atoms with E-state index >= 15 is 0 Å². The van der Waals surface area contributed by atoms with Crippen molar-refractivity contribution in [1.29, 1.82) is 10.8 Å². The number of nitrogens with one attached hydrogen (secondary N) is 2. The molecule has 0 spiro atoms. The molecule has 0 aliphatic heterocycles. The van der Waals surface area contributed by atoms with Crippen LogP contribution in [0.4, 0.5) is 0 Å². The molecule has 2 aromatic rings. The van der Waals surface area contributed by atoms with Crippen LogP contribution in [0.3, 0.4) is 0 Å². The van der Waals surface area contributed by atoms with Crippen LogP contribution in [0.2, 0.25) is 0 Å². The van der Waals surface area contributed by atoms with Crippen molar-refractivity contribution in [3.63, 3.8) is 0 Å². The van der Waals surface area contributed by atoms with Gasteiger partial charge in [-0.3, -0.25) is 15.4 Å². The third kappa shape index (κ3) is 4.43. The number of aromatic nitrogens is 1. The molecule has 0 fully saturated rings. The lowest BCUT2D eigenvalue weighted by Gasteiger charge is -2.30. The number of hydrogen-bond donors (Lipinski definition) is 3. The van der Waals surface area contributed by atoms with Gasteiger partial charge in [0.1, 0.15) is 17.3 Å². The number of nitrogens with zero attached hydrogens (tertiary/aromatic N) is 3. The fourth-order valence-corrected chi connectivity index (χ4v) is 3.44. The molecule has 1 aliphatic rings. The highest BCUT2D eigenvalue weighted by Crippen LogP contribution is 2.37. The minimum absolute atomic E-state index is 0.0510. The van der Waals surface area contributed by atoms with E-state index in [2.05, 4.69) is 17.0 Å². The molecule has 3 rings (SSSR count). The Kier molecular flexibility index (Phi) is 6.16. The summed E-state index contributed by atoms with van der Waals surface area (Å²) < 4.78 is 7.82. The molecule has 7 heteroatoms. The van der Waals surface area contributed by atoms with E-state index in [1.54, 1.807) is 22.9 Å². The summed E-state index contributed by atoms with van der Waals surface area (Å²) in [6.45, 7) is 1.54. The van der Waals surface area contributed by atoms with Gasteiger partial charge in [0.2, 0.25) is 5.96 Å². The highest BCUT2D eigenvalue weighted by molar-refractivity contribution is 5.79. The highest BCUT2D eigenvalue weighted by atomic mass is 16.5. The molecule has 0 saturated heterocycles. The van der Waals surface area contributed by atoms with Crippen LogP contribution in [-0.4, -0.2) is 54.6 Å². The number of pyridine rings is 1. The van der Waals surface area contributed by atoms with E-state index < -0.39 is 0 Å². The first-order valence-corrected chi connectivity index (χ1v) is 9.60. The Bertz CT molecular complexity index is 890. The van der Waals surface area contributed by atoms with Crippen molar-refractivity contribution in [2.75, 3.05) is 34.2 Å². The van der Waals surface area contributed by atoms with Gasteiger partial charge in [0.15, 0.2) is 0 Å². The maximum Gasteiger partial charge on any atom is 0.203 e. The Morgan fingerprint density at radius 1 is 1.11 bits per heavy atom. The molecule has 28 heavy (non-hydrogen) atoms. The van der Waals surface area contributed by atoms with Crippen LogP contribution in [0.15, 0.2) is 42.6 Å². The summed E-state index contributed by atoms with van der Waals surface area (Å²) in [4.78, 5) is 3.90. The molecule has 0 radical (unpaired) electrons. The van der Waals surface area contributed by atoms with Crippen LogP contribution in [0.1, 0.15) is 36.1 Å². The molecule has 0 amide bonds. The molecule has 7 nitrogen and oxygen atoms in total. The van der Waals surface area contributed by atoms with Crippen LogP contribution < -0.4 is 16.0 Å². The average Bonchev–Trinajstić information content (AvgIpc) is 2.69. The first-order chi connectivity index (χ1) is 13.4. The van der Waals surface area contributed by atoms with Crippen LogP contribution in [0, 0.1) is 10.8 Å². The number of likely N-dealkylation sites (N-methyl/N-ethyl adjacent to an activating group) is 2. The first kappa shape index (κ1) is 20.1. The predicted molar refractivity (Wildman–Crippen MR) is 111 cm³/mol. The lowest BCUT2D eigenvalue weighted by molar-refractivity contribution is 0.176. The molecule has 150 valence electrons. The van der Waals surface area contributed by atoms with Gasteiger partial charge in [-0.25, -0.2) is 0 Å². The third-order valence-electron chi connectivity index (χ3n) is 5.15. The molecule has 1 aromatic carbocycles. The maximum atomic E-state index is 8.46. The summed E-state index contributed by atoms with van der Waals surface area (Å²) in [5.41, 5.74) is 8.76. The number of nitrogens with two attached hydrogens (primary N) is 1. The molecule has 0 saturated carbocycles. The summed E-state index contributed by atoms with van der Waals surface area (Å²) >= 11 is 0. The van der Waals surface area contributed by atoms with Crippen molar-refractivity contribution in [3.8, 4) is 5.75 Å². The van der Waals surface area contributed by atoms with Gasteiger partial charge in [0.25, 0.3) is 0 Å². The van der Waals surface area contributed by atoms with Gasteiger partial charge in [0.05, 0.1) is 6.20 Å². The van der Waals surface area contributed by atoms with Gasteiger partial charge in [-0.2, -0.15) is 0 Å². The zero-order chi connectivity index (χ0) is 20.3. The molecular weight excluding hydrogens is 352 g/mol. The van der Waals surface area contributed by atoms with Crippen LogP contribution in [-0.2, 0) is 0 Å². The van der Waals surface area contributed by atoms with E-state index in [9.17, 15) is 0 Å². The van der Waals surface area contributed by atoms with Gasteiger partial charge in [-0.05, 0) is 50.2 Å². The second-order valence-corrected chi connectivity index (χ2v) is 7.59. The largest absolute Gasteiger partial charge is 0.484 e. The van der Waals surface area contributed by atoms with Crippen LogP contribution in [0.25, 0.3) is 0 Å². The first-order valence-electron chi connectivity index (χ1n) is 9.60. The number of benzene rings is 1. The minimum Gasteiger partial charge on any atom is -0.484 e. The molecule has 2 atom stereocenters. The van der Waals surface area contributed by atoms with E-state index in [-0.39, 0.29) is 23.6 Å². The third-order valence-corrected chi connectivity index (χ3v) is 5.15. The lowest BCUT2D eigenvalue weighted by atomic mass is 9.86. The fourth-order valence-electron chi connectivity index (χ4n) is 3.44. The Morgan fingerprint density at radius 3 is 2.54 bits per heavy atom. The van der Waals surface area contributed by atoms with Gasteiger partial charge in [-0.1, -0.05) is 24.3 Å². The average molecular weight is 383 g/mol. The second-order valence-electron chi connectivity index (χ2n) is 7.59. The number of rotatable bonds is 5. The van der Waals surface area contributed by atoms with E-state index in [4.69, 9.17) is 21.3 Å². The van der Waals surface area contributed by atoms with E-state index in [1.165, 1.54) is 0 Å². The summed E-state index contributed by atoms with van der Waals surface area (Å²) in [6.07, 6.45) is 3.39. The number of ether oxygens (including phenoxy) is 1. The molecule has 0 unspecified atom stereocenters. The summed E-state index contributed by atoms with van der Waals surface area (Å²) in [6, 6.07) is 11.7.